The third-order valence-electron chi connectivity index (χ3n) is 2.51. The number of anilines is 1. The van der Waals surface area contributed by atoms with Crippen LogP contribution in [0.3, 0.4) is 0 Å². The Morgan fingerprint density at radius 2 is 2.39 bits per heavy atom. The molecule has 0 atom stereocenters. The number of hydrogen-bond donors (Lipinski definition) is 1. The molecule has 0 aliphatic carbocycles. The van der Waals surface area contributed by atoms with E-state index < -0.39 is 4.92 Å². The average Bonchev–Trinajstić information content (AvgIpc) is 2.84. The molecule has 0 spiro atoms. The summed E-state index contributed by atoms with van der Waals surface area (Å²) in [6.45, 7) is 3.02. The molecule has 0 saturated carbocycles. The zero-order chi connectivity index (χ0) is 13.0. The number of nitrogens with zero attached hydrogens (tertiary/aromatic N) is 4. The lowest BCUT2D eigenvalue weighted by molar-refractivity contribution is -0.385. The van der Waals surface area contributed by atoms with Crippen molar-refractivity contribution in [3.05, 3.63) is 46.7 Å². The van der Waals surface area contributed by atoms with Crippen LogP contribution in [0.1, 0.15) is 5.56 Å². The number of aryl methyl sites for hydroxylation is 1. The van der Waals surface area contributed by atoms with E-state index in [-0.39, 0.29) is 5.69 Å². The van der Waals surface area contributed by atoms with Crippen LogP contribution >= 0.6 is 0 Å². The van der Waals surface area contributed by atoms with Gasteiger partial charge in [0.05, 0.1) is 17.3 Å². The summed E-state index contributed by atoms with van der Waals surface area (Å²) in [5.41, 5.74) is 0.635. The molecule has 2 aromatic rings. The lowest BCUT2D eigenvalue weighted by Crippen LogP contribution is -2.10. The van der Waals surface area contributed by atoms with Crippen LogP contribution in [0.25, 0.3) is 0 Å². The molecule has 7 heteroatoms. The van der Waals surface area contributed by atoms with E-state index in [2.05, 4.69) is 15.3 Å². The van der Waals surface area contributed by atoms with Crippen LogP contribution in [0.4, 0.5) is 11.5 Å². The van der Waals surface area contributed by atoms with Crippen molar-refractivity contribution in [3.8, 4) is 0 Å². The molecule has 0 fully saturated rings. The van der Waals surface area contributed by atoms with Gasteiger partial charge in [-0.3, -0.25) is 10.1 Å². The highest BCUT2D eigenvalue weighted by Gasteiger charge is 2.11. The lowest BCUT2D eigenvalue weighted by atomic mass is 10.2. The third kappa shape index (κ3) is 2.82. The predicted octanol–water partition coefficient (Wildman–Crippen LogP) is 1.61. The van der Waals surface area contributed by atoms with Gasteiger partial charge in [0.1, 0.15) is 5.82 Å². The molecule has 0 aliphatic heterocycles. The van der Waals surface area contributed by atoms with Crippen molar-refractivity contribution in [1.29, 1.82) is 0 Å². The Morgan fingerprint density at radius 1 is 1.56 bits per heavy atom. The fraction of sp³-hybridized carbons (Fsp3) is 0.273. The van der Waals surface area contributed by atoms with E-state index in [1.165, 1.54) is 12.3 Å². The third-order valence-corrected chi connectivity index (χ3v) is 2.51. The zero-order valence-electron chi connectivity index (χ0n) is 9.91. The Morgan fingerprint density at radius 3 is 3.06 bits per heavy atom. The van der Waals surface area contributed by atoms with Crippen LogP contribution in [0.15, 0.2) is 31.0 Å². The van der Waals surface area contributed by atoms with Gasteiger partial charge in [0.25, 0.3) is 5.69 Å². The summed E-state index contributed by atoms with van der Waals surface area (Å²) in [5, 5.41) is 13.8. The van der Waals surface area contributed by atoms with Crippen molar-refractivity contribution >= 4 is 11.5 Å². The molecule has 0 radical (unpaired) electrons. The van der Waals surface area contributed by atoms with E-state index >= 15 is 0 Å². The van der Waals surface area contributed by atoms with Crippen molar-refractivity contribution in [1.82, 2.24) is 14.5 Å². The smallest absolute Gasteiger partial charge is 0.277 e. The number of rotatable bonds is 5. The largest absolute Gasteiger partial charge is 0.368 e. The average molecular weight is 247 g/mol. The number of imidazole rings is 1. The minimum atomic E-state index is -0.405. The fourth-order valence-corrected chi connectivity index (χ4v) is 1.54. The van der Waals surface area contributed by atoms with Gasteiger partial charge in [0.15, 0.2) is 0 Å². The highest BCUT2D eigenvalue weighted by atomic mass is 16.6. The molecule has 0 aliphatic rings. The lowest BCUT2D eigenvalue weighted by Gasteiger charge is -2.06. The maximum absolute atomic E-state index is 10.8. The van der Waals surface area contributed by atoms with E-state index in [9.17, 15) is 10.1 Å². The normalized spacial score (nSPS) is 10.3. The zero-order valence-corrected chi connectivity index (χ0v) is 9.91. The molecule has 2 aromatic heterocycles. The Kier molecular flexibility index (Phi) is 3.52. The Labute approximate surface area is 104 Å². The van der Waals surface area contributed by atoms with Gasteiger partial charge in [-0.25, -0.2) is 9.97 Å². The van der Waals surface area contributed by atoms with E-state index in [1.54, 1.807) is 19.4 Å². The quantitative estimate of drug-likeness (QED) is 0.640. The topological polar surface area (TPSA) is 85.9 Å². The van der Waals surface area contributed by atoms with Crippen LogP contribution < -0.4 is 5.32 Å². The first-order valence-corrected chi connectivity index (χ1v) is 5.47. The second kappa shape index (κ2) is 5.26. The Bertz CT molecular complexity index is 538. The molecule has 1 N–H and O–H groups in total. The van der Waals surface area contributed by atoms with Gasteiger partial charge in [-0.1, -0.05) is 0 Å². The summed E-state index contributed by atoms with van der Waals surface area (Å²) < 4.78 is 1.91. The second-order valence-electron chi connectivity index (χ2n) is 3.84. The summed E-state index contributed by atoms with van der Waals surface area (Å²) in [6.07, 6.45) is 6.77. The van der Waals surface area contributed by atoms with Gasteiger partial charge in [-0.2, -0.15) is 0 Å². The molecular weight excluding hydrogens is 234 g/mol. The fourth-order valence-electron chi connectivity index (χ4n) is 1.54. The molecular formula is C11H13N5O2. The van der Waals surface area contributed by atoms with Gasteiger partial charge in [-0.15, -0.1) is 0 Å². The maximum Gasteiger partial charge on any atom is 0.277 e. The molecule has 0 unspecified atom stereocenters. The van der Waals surface area contributed by atoms with Crippen molar-refractivity contribution in [2.45, 2.75) is 13.5 Å². The second-order valence-corrected chi connectivity index (χ2v) is 3.84. The van der Waals surface area contributed by atoms with Gasteiger partial charge in [0, 0.05) is 37.2 Å². The summed E-state index contributed by atoms with van der Waals surface area (Å²) >= 11 is 0. The summed E-state index contributed by atoms with van der Waals surface area (Å²) in [6, 6.07) is 1.45. The van der Waals surface area contributed by atoms with Gasteiger partial charge in [0.2, 0.25) is 0 Å². The van der Waals surface area contributed by atoms with Crippen LogP contribution in [-0.2, 0) is 6.54 Å². The molecule has 0 amide bonds. The van der Waals surface area contributed by atoms with Gasteiger partial charge in [-0.05, 0) is 6.92 Å². The maximum atomic E-state index is 10.8. The van der Waals surface area contributed by atoms with Gasteiger partial charge >= 0.3 is 0 Å². The van der Waals surface area contributed by atoms with Gasteiger partial charge < -0.3 is 9.88 Å². The Balaban J connectivity index is 1.97. The first-order chi connectivity index (χ1) is 8.66. The Hall–Kier alpha value is -2.44. The van der Waals surface area contributed by atoms with Crippen molar-refractivity contribution in [3.63, 3.8) is 0 Å². The highest BCUT2D eigenvalue weighted by Crippen LogP contribution is 2.19. The van der Waals surface area contributed by atoms with Crippen molar-refractivity contribution in [2.24, 2.45) is 0 Å². The molecule has 94 valence electrons. The SMILES string of the molecule is Cc1cnc(NCCn2ccnc2)cc1[N+](=O)[O-]. The molecule has 0 bridgehead atoms. The molecule has 0 aromatic carbocycles. The monoisotopic (exact) mass is 247 g/mol. The predicted molar refractivity (Wildman–Crippen MR) is 66.3 cm³/mol. The van der Waals surface area contributed by atoms with E-state index in [1.807, 2.05) is 10.8 Å². The molecule has 2 heterocycles. The van der Waals surface area contributed by atoms with Crippen LogP contribution in [0.5, 0.6) is 0 Å². The van der Waals surface area contributed by atoms with Crippen LogP contribution in [-0.4, -0.2) is 26.0 Å². The number of hydrogen-bond acceptors (Lipinski definition) is 5. The molecule has 7 nitrogen and oxygen atoms in total. The van der Waals surface area contributed by atoms with Crippen molar-refractivity contribution < 1.29 is 4.92 Å². The number of pyridine rings is 1. The minimum Gasteiger partial charge on any atom is -0.368 e. The molecule has 2 rings (SSSR count). The molecule has 18 heavy (non-hydrogen) atoms. The summed E-state index contributed by atoms with van der Waals surface area (Å²) in [5.74, 6) is 0.507. The van der Waals surface area contributed by atoms with Crippen LogP contribution in [0, 0.1) is 17.0 Å². The minimum absolute atomic E-state index is 0.0788. The first-order valence-electron chi connectivity index (χ1n) is 5.47. The molecule has 0 saturated heterocycles. The van der Waals surface area contributed by atoms with E-state index in [0.717, 1.165) is 6.54 Å². The van der Waals surface area contributed by atoms with E-state index in [0.29, 0.717) is 17.9 Å². The first kappa shape index (κ1) is 12.0. The number of nitro groups is 1. The standard InChI is InChI=1S/C11H13N5O2/c1-9-7-14-11(6-10(9)16(17)18)13-3-5-15-4-2-12-8-15/h2,4,6-8H,3,5H2,1H3,(H,13,14). The van der Waals surface area contributed by atoms with Crippen LogP contribution in [0.2, 0.25) is 0 Å². The summed E-state index contributed by atoms with van der Waals surface area (Å²) in [4.78, 5) is 18.4. The number of nitrogens with one attached hydrogen (secondary N) is 1. The van der Waals surface area contributed by atoms with E-state index in [4.69, 9.17) is 0 Å². The summed E-state index contributed by atoms with van der Waals surface area (Å²) in [7, 11) is 0. The number of aromatic nitrogens is 3. The highest BCUT2D eigenvalue weighted by molar-refractivity contribution is 5.48. The van der Waals surface area contributed by atoms with Crippen molar-refractivity contribution in [2.75, 3.05) is 11.9 Å².